The average molecular weight is 278 g/mol. The second-order valence-corrected chi connectivity index (χ2v) is 5.10. The van der Waals surface area contributed by atoms with Gasteiger partial charge in [0.15, 0.2) is 0 Å². The van der Waals surface area contributed by atoms with Crippen LogP contribution in [0.15, 0.2) is 29.2 Å². The van der Waals surface area contributed by atoms with Crippen LogP contribution in [-0.4, -0.2) is 36.5 Å². The van der Waals surface area contributed by atoms with Gasteiger partial charge in [0.1, 0.15) is 0 Å². The van der Waals surface area contributed by atoms with E-state index in [0.29, 0.717) is 11.4 Å². The lowest BCUT2D eigenvalue weighted by molar-refractivity contribution is -0.115. The number of hydrogen-bond donors (Lipinski definition) is 2. The molecule has 1 aromatic rings. The molecule has 1 aromatic carbocycles. The monoisotopic (exact) mass is 278 g/mol. The molecule has 1 fully saturated rings. The Hall–Kier alpha value is -1.79. The number of hydrogen-bond acceptors (Lipinski definition) is 5. The zero-order valence-electron chi connectivity index (χ0n) is 10.4. The highest BCUT2D eigenvalue weighted by atomic mass is 32.2. The Morgan fingerprint density at radius 1 is 1.32 bits per heavy atom. The molecule has 0 spiro atoms. The van der Waals surface area contributed by atoms with Crippen molar-refractivity contribution >= 4 is 34.7 Å². The smallest absolute Gasteiger partial charge is 0.290 e. The Kier molecular flexibility index (Phi) is 4.24. The molecule has 2 amide bonds. The van der Waals surface area contributed by atoms with Crippen LogP contribution in [0.4, 0.5) is 10.5 Å². The summed E-state index contributed by atoms with van der Waals surface area (Å²) < 4.78 is 0. The third-order valence-corrected chi connectivity index (χ3v) is 3.52. The normalized spacial score (nSPS) is 16.8. The van der Waals surface area contributed by atoms with E-state index in [0.717, 1.165) is 23.0 Å². The lowest BCUT2D eigenvalue weighted by atomic mass is 10.2. The highest BCUT2D eigenvalue weighted by Gasteiger charge is 2.24. The summed E-state index contributed by atoms with van der Waals surface area (Å²) in [6.45, 7) is 0.661. The predicted octanol–water partition coefficient (Wildman–Crippen LogP) is 1.44. The quantitative estimate of drug-likeness (QED) is 0.816. The summed E-state index contributed by atoms with van der Waals surface area (Å²) in [5, 5.41) is 10.7. The first-order valence-electron chi connectivity index (χ1n) is 5.77. The van der Waals surface area contributed by atoms with Gasteiger partial charge in [0.05, 0.1) is 11.5 Å². The second kappa shape index (κ2) is 5.90. The van der Waals surface area contributed by atoms with E-state index in [1.807, 2.05) is 36.2 Å². The first-order valence-corrected chi connectivity index (χ1v) is 6.58. The molecule has 0 saturated carbocycles. The Morgan fingerprint density at radius 3 is 2.53 bits per heavy atom. The van der Waals surface area contributed by atoms with Gasteiger partial charge in [-0.1, -0.05) is 12.1 Å². The fourth-order valence-electron chi connectivity index (χ4n) is 1.68. The zero-order chi connectivity index (χ0) is 13.8. The largest absolute Gasteiger partial charge is 0.395 e. The number of carbonyl (C=O) groups is 2. The molecule has 0 aliphatic carbocycles. The van der Waals surface area contributed by atoms with Gasteiger partial charge in [0, 0.05) is 19.3 Å². The number of likely N-dealkylation sites (N-methyl/N-ethyl adjacent to an activating group) is 1. The third kappa shape index (κ3) is 3.36. The number of aliphatic hydroxyl groups excluding tert-OH is 1. The van der Waals surface area contributed by atoms with E-state index >= 15 is 0 Å². The molecule has 0 radical (unpaired) electrons. The van der Waals surface area contributed by atoms with Crippen LogP contribution in [0.25, 0.3) is 6.08 Å². The molecule has 2 rings (SSSR count). The van der Waals surface area contributed by atoms with Gasteiger partial charge >= 0.3 is 0 Å². The number of carbonyl (C=O) groups excluding carboxylic acids is 2. The number of nitrogens with zero attached hydrogens (tertiary/aromatic N) is 1. The van der Waals surface area contributed by atoms with E-state index in [-0.39, 0.29) is 17.8 Å². The molecule has 0 aromatic heterocycles. The van der Waals surface area contributed by atoms with Crippen LogP contribution in [0.3, 0.4) is 0 Å². The Bertz CT molecular complexity index is 525. The van der Waals surface area contributed by atoms with E-state index in [2.05, 4.69) is 5.32 Å². The number of nitrogens with one attached hydrogen (secondary N) is 1. The molecule has 6 heteroatoms. The molecule has 5 nitrogen and oxygen atoms in total. The molecule has 0 unspecified atom stereocenters. The molecule has 1 aliphatic heterocycles. The van der Waals surface area contributed by atoms with E-state index in [1.165, 1.54) is 0 Å². The van der Waals surface area contributed by atoms with Crippen molar-refractivity contribution in [1.82, 2.24) is 5.32 Å². The van der Waals surface area contributed by atoms with Crippen molar-refractivity contribution in [2.75, 3.05) is 25.1 Å². The number of aliphatic hydroxyl groups is 1. The highest BCUT2D eigenvalue weighted by Crippen LogP contribution is 2.26. The summed E-state index contributed by atoms with van der Waals surface area (Å²) in [6, 6.07) is 7.54. The van der Waals surface area contributed by atoms with Gasteiger partial charge in [-0.2, -0.15) is 0 Å². The lowest BCUT2D eigenvalue weighted by Crippen LogP contribution is -2.20. The van der Waals surface area contributed by atoms with Gasteiger partial charge < -0.3 is 10.0 Å². The van der Waals surface area contributed by atoms with Gasteiger partial charge in [-0.3, -0.25) is 14.9 Å². The van der Waals surface area contributed by atoms with Gasteiger partial charge in [0.25, 0.3) is 11.1 Å². The van der Waals surface area contributed by atoms with Gasteiger partial charge in [0.2, 0.25) is 0 Å². The number of thioether (sulfide) groups is 1. The number of benzene rings is 1. The Balaban J connectivity index is 2.13. The van der Waals surface area contributed by atoms with Crippen LogP contribution in [0.1, 0.15) is 5.56 Å². The summed E-state index contributed by atoms with van der Waals surface area (Å²) in [4.78, 5) is 24.8. The molecule has 100 valence electrons. The highest BCUT2D eigenvalue weighted by molar-refractivity contribution is 8.18. The molecule has 19 heavy (non-hydrogen) atoms. The van der Waals surface area contributed by atoms with Gasteiger partial charge in [-0.15, -0.1) is 0 Å². The molecular formula is C13H14N2O3S. The van der Waals surface area contributed by atoms with Crippen LogP contribution in [-0.2, 0) is 4.79 Å². The molecule has 1 saturated heterocycles. The standard InChI is InChI=1S/C13H14N2O3S/c1-15(6-7-16)10-4-2-9(3-5-10)8-11-12(17)14-13(18)19-11/h2-5,8,16H,6-7H2,1H3,(H,14,17,18)/b11-8-. The van der Waals surface area contributed by atoms with Crippen molar-refractivity contribution in [3.8, 4) is 0 Å². The van der Waals surface area contributed by atoms with E-state index < -0.39 is 0 Å². The maximum absolute atomic E-state index is 11.4. The third-order valence-electron chi connectivity index (χ3n) is 2.71. The van der Waals surface area contributed by atoms with Crippen molar-refractivity contribution < 1.29 is 14.7 Å². The summed E-state index contributed by atoms with van der Waals surface area (Å²) in [6.07, 6.45) is 1.68. The van der Waals surface area contributed by atoms with Crippen LogP contribution < -0.4 is 10.2 Å². The topological polar surface area (TPSA) is 69.6 Å². The van der Waals surface area contributed by atoms with Crippen LogP contribution in [0.5, 0.6) is 0 Å². The van der Waals surface area contributed by atoms with Gasteiger partial charge in [-0.25, -0.2) is 0 Å². The minimum Gasteiger partial charge on any atom is -0.395 e. The SMILES string of the molecule is CN(CCO)c1ccc(/C=C2\SC(=O)NC2=O)cc1. The predicted molar refractivity (Wildman–Crippen MR) is 75.9 cm³/mol. The van der Waals surface area contributed by atoms with Crippen molar-refractivity contribution in [1.29, 1.82) is 0 Å². The molecule has 2 N–H and O–H groups in total. The molecule has 1 heterocycles. The second-order valence-electron chi connectivity index (χ2n) is 4.09. The van der Waals surface area contributed by atoms with Gasteiger partial charge in [-0.05, 0) is 35.5 Å². The van der Waals surface area contributed by atoms with Crippen LogP contribution in [0, 0.1) is 0 Å². The zero-order valence-corrected chi connectivity index (χ0v) is 11.2. The molecule has 0 bridgehead atoms. The minimum atomic E-state index is -0.350. The minimum absolute atomic E-state index is 0.0984. The Morgan fingerprint density at radius 2 is 2.00 bits per heavy atom. The Labute approximate surface area is 115 Å². The average Bonchev–Trinajstić information content (AvgIpc) is 2.69. The van der Waals surface area contributed by atoms with Crippen molar-refractivity contribution in [3.05, 3.63) is 34.7 Å². The van der Waals surface area contributed by atoms with E-state index in [4.69, 9.17) is 5.11 Å². The van der Waals surface area contributed by atoms with Crippen molar-refractivity contribution in [2.24, 2.45) is 0 Å². The molecule has 1 aliphatic rings. The maximum Gasteiger partial charge on any atom is 0.290 e. The van der Waals surface area contributed by atoms with Crippen molar-refractivity contribution in [3.63, 3.8) is 0 Å². The molecular weight excluding hydrogens is 264 g/mol. The summed E-state index contributed by atoms with van der Waals surface area (Å²) in [7, 11) is 1.89. The first kappa shape index (κ1) is 13.6. The van der Waals surface area contributed by atoms with Crippen LogP contribution >= 0.6 is 11.8 Å². The van der Waals surface area contributed by atoms with Crippen molar-refractivity contribution in [2.45, 2.75) is 0 Å². The summed E-state index contributed by atoms with van der Waals surface area (Å²) in [5.74, 6) is -0.350. The fourth-order valence-corrected chi connectivity index (χ4v) is 2.36. The summed E-state index contributed by atoms with van der Waals surface area (Å²) >= 11 is 0.905. The van der Waals surface area contributed by atoms with Crippen LogP contribution in [0.2, 0.25) is 0 Å². The number of anilines is 1. The number of rotatable bonds is 4. The number of amides is 2. The summed E-state index contributed by atoms with van der Waals surface area (Å²) in [5.41, 5.74) is 1.84. The number of imide groups is 1. The van der Waals surface area contributed by atoms with E-state index in [9.17, 15) is 9.59 Å². The first-order chi connectivity index (χ1) is 9.10. The lowest BCUT2D eigenvalue weighted by Gasteiger charge is -2.17. The molecule has 0 atom stereocenters. The fraction of sp³-hybridized carbons (Fsp3) is 0.231. The maximum atomic E-state index is 11.4. The van der Waals surface area contributed by atoms with E-state index in [1.54, 1.807) is 6.08 Å².